The maximum Gasteiger partial charge on any atom is 0.157 e. The van der Waals surface area contributed by atoms with E-state index in [2.05, 4.69) is 0 Å². The summed E-state index contributed by atoms with van der Waals surface area (Å²) in [4.78, 5) is 0. The molecule has 0 saturated carbocycles. The van der Waals surface area contributed by atoms with Crippen LogP contribution in [0.15, 0.2) is 0 Å². The molecule has 0 radical (unpaired) electrons. The zero-order chi connectivity index (χ0) is 8.97. The topological polar surface area (TPSA) is 44.5 Å². The van der Waals surface area contributed by atoms with Gasteiger partial charge in [0.25, 0.3) is 0 Å². The van der Waals surface area contributed by atoms with Crippen LogP contribution in [0.3, 0.4) is 0 Å². The minimum atomic E-state index is 0.0306. The highest BCUT2D eigenvalue weighted by Crippen LogP contribution is 2.23. The molecule has 0 aromatic rings. The molecule has 1 saturated heterocycles. The Balaban J connectivity index is 2.11. The molecule has 3 heteroatoms. The van der Waals surface area contributed by atoms with Crippen molar-refractivity contribution >= 4 is 0 Å². The summed E-state index contributed by atoms with van der Waals surface area (Å²) in [6.07, 6.45) is 4.66. The van der Waals surface area contributed by atoms with Crippen LogP contribution in [0.1, 0.15) is 32.6 Å². The van der Waals surface area contributed by atoms with Gasteiger partial charge in [0, 0.05) is 19.6 Å². The minimum Gasteiger partial charge on any atom is -0.356 e. The van der Waals surface area contributed by atoms with Crippen molar-refractivity contribution in [2.24, 2.45) is 5.73 Å². The van der Waals surface area contributed by atoms with Gasteiger partial charge in [-0.3, -0.25) is 0 Å². The summed E-state index contributed by atoms with van der Waals surface area (Å²) in [5, 5.41) is 0. The van der Waals surface area contributed by atoms with Crippen LogP contribution >= 0.6 is 0 Å². The standard InChI is InChI=1S/C9H19NO2/c1-7(10)3-4-8-5-6-9(11-2)12-8/h7-9H,3-6,10H2,1-2H3. The van der Waals surface area contributed by atoms with Crippen LogP contribution in [0.2, 0.25) is 0 Å². The van der Waals surface area contributed by atoms with Crippen LogP contribution in [-0.2, 0) is 9.47 Å². The minimum absolute atomic E-state index is 0.0306. The molecule has 0 bridgehead atoms. The monoisotopic (exact) mass is 173 g/mol. The molecule has 12 heavy (non-hydrogen) atoms. The van der Waals surface area contributed by atoms with Crippen LogP contribution in [0.4, 0.5) is 0 Å². The lowest BCUT2D eigenvalue weighted by Crippen LogP contribution is -2.19. The molecule has 0 aromatic carbocycles. The SMILES string of the molecule is COC1CCC(CCC(C)N)O1. The van der Waals surface area contributed by atoms with Crippen LogP contribution in [0, 0.1) is 0 Å². The van der Waals surface area contributed by atoms with E-state index in [1.165, 1.54) is 0 Å². The van der Waals surface area contributed by atoms with Gasteiger partial charge in [-0.05, 0) is 26.2 Å². The van der Waals surface area contributed by atoms with E-state index in [-0.39, 0.29) is 12.3 Å². The zero-order valence-electron chi connectivity index (χ0n) is 7.95. The predicted octanol–water partition coefficient (Wildman–Crippen LogP) is 1.27. The number of nitrogens with two attached hydrogens (primary N) is 1. The number of ether oxygens (including phenoxy) is 2. The molecule has 3 atom stereocenters. The van der Waals surface area contributed by atoms with Crippen molar-refractivity contribution in [3.05, 3.63) is 0 Å². The molecule has 1 aliphatic heterocycles. The maximum absolute atomic E-state index is 5.65. The highest BCUT2D eigenvalue weighted by Gasteiger charge is 2.24. The van der Waals surface area contributed by atoms with Gasteiger partial charge in [-0.1, -0.05) is 0 Å². The molecule has 72 valence electrons. The second-order valence-electron chi connectivity index (χ2n) is 3.56. The fourth-order valence-electron chi connectivity index (χ4n) is 1.51. The predicted molar refractivity (Wildman–Crippen MR) is 47.8 cm³/mol. The average Bonchev–Trinajstić information content (AvgIpc) is 2.48. The number of rotatable bonds is 4. The first-order chi connectivity index (χ1) is 5.72. The summed E-state index contributed by atoms with van der Waals surface area (Å²) < 4.78 is 10.7. The Labute approximate surface area is 74.2 Å². The van der Waals surface area contributed by atoms with Gasteiger partial charge in [-0.2, -0.15) is 0 Å². The Morgan fingerprint density at radius 3 is 2.83 bits per heavy atom. The first-order valence-electron chi connectivity index (χ1n) is 4.66. The molecular formula is C9H19NO2. The van der Waals surface area contributed by atoms with E-state index in [0.29, 0.717) is 6.10 Å². The molecule has 0 aromatic heterocycles. The first-order valence-corrected chi connectivity index (χ1v) is 4.66. The second kappa shape index (κ2) is 4.80. The maximum atomic E-state index is 5.65. The number of hydrogen-bond acceptors (Lipinski definition) is 3. The highest BCUT2D eigenvalue weighted by molar-refractivity contribution is 4.69. The third-order valence-electron chi connectivity index (χ3n) is 2.28. The molecule has 1 fully saturated rings. The molecular weight excluding hydrogens is 154 g/mol. The Kier molecular flexibility index (Phi) is 3.98. The van der Waals surface area contributed by atoms with E-state index in [1.807, 2.05) is 6.92 Å². The summed E-state index contributed by atoms with van der Waals surface area (Å²) >= 11 is 0. The summed E-state index contributed by atoms with van der Waals surface area (Å²) in [6, 6.07) is 0.287. The van der Waals surface area contributed by atoms with E-state index in [4.69, 9.17) is 15.2 Å². The van der Waals surface area contributed by atoms with Crippen molar-refractivity contribution in [3.63, 3.8) is 0 Å². The Hall–Kier alpha value is -0.120. The average molecular weight is 173 g/mol. The van der Waals surface area contributed by atoms with Gasteiger partial charge in [0.1, 0.15) is 0 Å². The van der Waals surface area contributed by atoms with Crippen molar-refractivity contribution in [1.29, 1.82) is 0 Å². The van der Waals surface area contributed by atoms with Gasteiger partial charge in [-0.25, -0.2) is 0 Å². The summed E-state index contributed by atoms with van der Waals surface area (Å²) in [5.74, 6) is 0. The van der Waals surface area contributed by atoms with Crippen molar-refractivity contribution in [2.75, 3.05) is 7.11 Å². The van der Waals surface area contributed by atoms with Gasteiger partial charge >= 0.3 is 0 Å². The van der Waals surface area contributed by atoms with Crippen LogP contribution < -0.4 is 5.73 Å². The summed E-state index contributed by atoms with van der Waals surface area (Å²) in [5.41, 5.74) is 5.65. The third-order valence-corrected chi connectivity index (χ3v) is 2.28. The molecule has 2 N–H and O–H groups in total. The molecule has 1 aliphatic rings. The fourth-order valence-corrected chi connectivity index (χ4v) is 1.51. The van der Waals surface area contributed by atoms with E-state index in [9.17, 15) is 0 Å². The summed E-state index contributed by atoms with van der Waals surface area (Å²) in [7, 11) is 1.69. The van der Waals surface area contributed by atoms with Crippen LogP contribution in [0.25, 0.3) is 0 Å². The Morgan fingerprint density at radius 1 is 1.58 bits per heavy atom. The van der Waals surface area contributed by atoms with Crippen molar-refractivity contribution in [3.8, 4) is 0 Å². The van der Waals surface area contributed by atoms with Gasteiger partial charge < -0.3 is 15.2 Å². The zero-order valence-corrected chi connectivity index (χ0v) is 7.95. The lowest BCUT2D eigenvalue weighted by molar-refractivity contribution is -0.116. The molecule has 0 aliphatic carbocycles. The lowest BCUT2D eigenvalue weighted by atomic mass is 10.1. The molecule has 3 unspecified atom stereocenters. The van der Waals surface area contributed by atoms with Gasteiger partial charge in [0.15, 0.2) is 6.29 Å². The Bertz CT molecular complexity index is 128. The normalized spacial score (nSPS) is 32.2. The van der Waals surface area contributed by atoms with Crippen LogP contribution in [0.5, 0.6) is 0 Å². The fraction of sp³-hybridized carbons (Fsp3) is 1.00. The van der Waals surface area contributed by atoms with E-state index < -0.39 is 0 Å². The molecule has 1 rings (SSSR count). The van der Waals surface area contributed by atoms with E-state index in [0.717, 1.165) is 25.7 Å². The third kappa shape index (κ3) is 3.09. The second-order valence-corrected chi connectivity index (χ2v) is 3.56. The Morgan fingerprint density at radius 2 is 2.33 bits per heavy atom. The van der Waals surface area contributed by atoms with Crippen molar-refractivity contribution < 1.29 is 9.47 Å². The summed E-state index contributed by atoms with van der Waals surface area (Å²) in [6.45, 7) is 2.03. The van der Waals surface area contributed by atoms with Gasteiger partial charge in [0.2, 0.25) is 0 Å². The lowest BCUT2D eigenvalue weighted by Gasteiger charge is -2.13. The number of methoxy groups -OCH3 is 1. The van der Waals surface area contributed by atoms with E-state index >= 15 is 0 Å². The largest absolute Gasteiger partial charge is 0.356 e. The quantitative estimate of drug-likeness (QED) is 0.696. The van der Waals surface area contributed by atoms with E-state index in [1.54, 1.807) is 7.11 Å². The smallest absolute Gasteiger partial charge is 0.157 e. The molecule has 3 nitrogen and oxygen atoms in total. The first kappa shape index (κ1) is 9.96. The van der Waals surface area contributed by atoms with Gasteiger partial charge in [-0.15, -0.1) is 0 Å². The van der Waals surface area contributed by atoms with Crippen molar-refractivity contribution in [1.82, 2.24) is 0 Å². The highest BCUT2D eigenvalue weighted by atomic mass is 16.7. The molecule has 0 spiro atoms. The molecule has 1 heterocycles. The van der Waals surface area contributed by atoms with Gasteiger partial charge in [0.05, 0.1) is 6.10 Å². The molecule has 0 amide bonds. The number of hydrogen-bond donors (Lipinski definition) is 1. The van der Waals surface area contributed by atoms with Crippen LogP contribution in [-0.4, -0.2) is 25.5 Å². The van der Waals surface area contributed by atoms with Crippen molar-refractivity contribution in [2.45, 2.75) is 51.0 Å².